The summed E-state index contributed by atoms with van der Waals surface area (Å²) in [5.41, 5.74) is 5.59. The zero-order valence-corrected chi connectivity index (χ0v) is 8.06. The van der Waals surface area contributed by atoms with E-state index in [-0.39, 0.29) is 0 Å². The van der Waals surface area contributed by atoms with E-state index in [1.54, 1.807) is 25.3 Å². The lowest BCUT2D eigenvalue weighted by Gasteiger charge is -2.07. The molecule has 0 amide bonds. The van der Waals surface area contributed by atoms with E-state index in [0.717, 1.165) is 0 Å². The summed E-state index contributed by atoms with van der Waals surface area (Å²) in [5, 5.41) is 0.525. The molecule has 1 rings (SSSR count). The van der Waals surface area contributed by atoms with Crippen molar-refractivity contribution in [3.8, 4) is 5.75 Å². The van der Waals surface area contributed by atoms with E-state index in [1.165, 1.54) is 0 Å². The lowest BCUT2D eigenvalue weighted by molar-refractivity contribution is 0.414. The van der Waals surface area contributed by atoms with Gasteiger partial charge in [-0.15, -0.1) is 11.6 Å². The molecule has 4 heteroatoms. The van der Waals surface area contributed by atoms with Crippen LogP contribution < -0.4 is 10.5 Å². The Kier molecular flexibility index (Phi) is 3.20. The SMILES string of the molecule is COc1ccc(C(N)Cl)c(Cl)c1. The van der Waals surface area contributed by atoms with Gasteiger partial charge >= 0.3 is 0 Å². The van der Waals surface area contributed by atoms with Crippen molar-refractivity contribution >= 4 is 23.2 Å². The largest absolute Gasteiger partial charge is 0.497 e. The molecule has 0 heterocycles. The second kappa shape index (κ2) is 3.99. The first-order valence-corrected chi connectivity index (χ1v) is 4.19. The van der Waals surface area contributed by atoms with Gasteiger partial charge in [0.2, 0.25) is 0 Å². The number of ether oxygens (including phenoxy) is 1. The minimum atomic E-state index is -0.566. The zero-order chi connectivity index (χ0) is 9.14. The van der Waals surface area contributed by atoms with E-state index >= 15 is 0 Å². The van der Waals surface area contributed by atoms with Crippen LogP contribution in [-0.2, 0) is 0 Å². The topological polar surface area (TPSA) is 35.2 Å². The van der Waals surface area contributed by atoms with Crippen molar-refractivity contribution in [2.24, 2.45) is 5.73 Å². The van der Waals surface area contributed by atoms with Crippen LogP contribution in [0.25, 0.3) is 0 Å². The number of alkyl halides is 1. The first-order chi connectivity index (χ1) is 5.65. The van der Waals surface area contributed by atoms with Crippen LogP contribution in [0.15, 0.2) is 18.2 Å². The normalized spacial score (nSPS) is 12.7. The van der Waals surface area contributed by atoms with E-state index < -0.39 is 5.50 Å². The van der Waals surface area contributed by atoms with Gasteiger partial charge in [-0.25, -0.2) is 0 Å². The van der Waals surface area contributed by atoms with Gasteiger partial charge in [0.25, 0.3) is 0 Å². The molecule has 2 nitrogen and oxygen atoms in total. The summed E-state index contributed by atoms with van der Waals surface area (Å²) in [6.45, 7) is 0. The molecule has 0 radical (unpaired) electrons. The minimum absolute atomic E-state index is 0.525. The highest BCUT2D eigenvalue weighted by Crippen LogP contribution is 2.27. The molecule has 66 valence electrons. The molecule has 0 saturated carbocycles. The lowest BCUT2D eigenvalue weighted by atomic mass is 10.2. The molecule has 0 aliphatic heterocycles. The molecular formula is C8H9Cl2NO. The summed E-state index contributed by atoms with van der Waals surface area (Å²) in [7, 11) is 1.58. The van der Waals surface area contributed by atoms with Crippen LogP contribution in [0, 0.1) is 0 Å². The zero-order valence-electron chi connectivity index (χ0n) is 6.55. The predicted octanol–water partition coefficient (Wildman–Crippen LogP) is 2.54. The van der Waals surface area contributed by atoms with E-state index in [4.69, 9.17) is 33.7 Å². The fourth-order valence-corrected chi connectivity index (χ4v) is 1.39. The highest BCUT2D eigenvalue weighted by molar-refractivity contribution is 6.32. The summed E-state index contributed by atoms with van der Waals surface area (Å²) < 4.78 is 4.96. The average Bonchev–Trinajstić information content (AvgIpc) is 2.03. The number of nitrogens with two attached hydrogens (primary N) is 1. The molecular weight excluding hydrogens is 197 g/mol. The van der Waals surface area contributed by atoms with E-state index in [0.29, 0.717) is 16.3 Å². The monoisotopic (exact) mass is 205 g/mol. The van der Waals surface area contributed by atoms with Crippen LogP contribution in [0.2, 0.25) is 5.02 Å². The molecule has 0 saturated heterocycles. The van der Waals surface area contributed by atoms with Crippen LogP contribution in [0.4, 0.5) is 0 Å². The Hall–Kier alpha value is -0.440. The van der Waals surface area contributed by atoms with Crippen molar-refractivity contribution in [1.29, 1.82) is 0 Å². The standard InChI is InChI=1S/C8H9Cl2NO/c1-12-5-2-3-6(8(10)11)7(9)4-5/h2-4,8H,11H2,1H3. The predicted molar refractivity (Wildman–Crippen MR) is 50.8 cm³/mol. The van der Waals surface area contributed by atoms with Gasteiger partial charge < -0.3 is 10.5 Å². The van der Waals surface area contributed by atoms with Crippen molar-refractivity contribution in [3.05, 3.63) is 28.8 Å². The summed E-state index contributed by atoms with van der Waals surface area (Å²) in [5.74, 6) is 0.695. The van der Waals surface area contributed by atoms with Crippen LogP contribution in [-0.4, -0.2) is 7.11 Å². The van der Waals surface area contributed by atoms with Gasteiger partial charge in [-0.3, -0.25) is 0 Å². The van der Waals surface area contributed by atoms with Crippen LogP contribution in [0.1, 0.15) is 11.1 Å². The van der Waals surface area contributed by atoms with Crippen LogP contribution >= 0.6 is 23.2 Å². The summed E-state index contributed by atoms with van der Waals surface area (Å²) in [6.07, 6.45) is 0. The van der Waals surface area contributed by atoms with Crippen molar-refractivity contribution < 1.29 is 4.74 Å². The molecule has 12 heavy (non-hydrogen) atoms. The van der Waals surface area contributed by atoms with Crippen molar-refractivity contribution in [3.63, 3.8) is 0 Å². The molecule has 0 aliphatic carbocycles. The minimum Gasteiger partial charge on any atom is -0.497 e. The van der Waals surface area contributed by atoms with Gasteiger partial charge in [0.15, 0.2) is 0 Å². The third-order valence-corrected chi connectivity index (χ3v) is 2.07. The quantitative estimate of drug-likeness (QED) is 0.596. The van der Waals surface area contributed by atoms with Gasteiger partial charge in [0.1, 0.15) is 11.3 Å². The Morgan fingerprint density at radius 1 is 1.50 bits per heavy atom. The summed E-state index contributed by atoms with van der Waals surface area (Å²) in [4.78, 5) is 0. The summed E-state index contributed by atoms with van der Waals surface area (Å²) >= 11 is 11.5. The van der Waals surface area contributed by atoms with Crippen LogP contribution in [0.5, 0.6) is 5.75 Å². The molecule has 2 N–H and O–H groups in total. The Balaban J connectivity index is 3.03. The van der Waals surface area contributed by atoms with Crippen molar-refractivity contribution in [1.82, 2.24) is 0 Å². The second-order valence-corrected chi connectivity index (χ2v) is 3.17. The molecule has 1 atom stereocenters. The fraction of sp³-hybridized carbons (Fsp3) is 0.250. The van der Waals surface area contributed by atoms with Gasteiger partial charge in [-0.1, -0.05) is 17.7 Å². The van der Waals surface area contributed by atoms with Crippen molar-refractivity contribution in [2.45, 2.75) is 5.50 Å². The molecule has 1 aromatic carbocycles. The molecule has 1 aromatic rings. The lowest BCUT2D eigenvalue weighted by Crippen LogP contribution is -2.02. The second-order valence-electron chi connectivity index (χ2n) is 2.29. The molecule has 0 aromatic heterocycles. The Morgan fingerprint density at radius 3 is 2.58 bits per heavy atom. The van der Waals surface area contributed by atoms with E-state index in [1.807, 2.05) is 0 Å². The number of benzene rings is 1. The average molecular weight is 206 g/mol. The van der Waals surface area contributed by atoms with Gasteiger partial charge in [0.05, 0.1) is 12.1 Å². The van der Waals surface area contributed by atoms with Gasteiger partial charge in [0, 0.05) is 5.56 Å². The first kappa shape index (κ1) is 9.65. The number of halogens is 2. The maximum atomic E-state index is 5.86. The van der Waals surface area contributed by atoms with Gasteiger partial charge in [-0.2, -0.15) is 0 Å². The number of rotatable bonds is 2. The Morgan fingerprint density at radius 2 is 2.17 bits per heavy atom. The number of hydrogen-bond donors (Lipinski definition) is 1. The van der Waals surface area contributed by atoms with Gasteiger partial charge in [-0.05, 0) is 12.1 Å². The van der Waals surface area contributed by atoms with E-state index in [9.17, 15) is 0 Å². The Bertz CT molecular complexity index is 276. The smallest absolute Gasteiger partial charge is 0.120 e. The molecule has 0 fully saturated rings. The fourth-order valence-electron chi connectivity index (χ4n) is 0.858. The Labute approximate surface area is 81.2 Å². The summed E-state index contributed by atoms with van der Waals surface area (Å²) in [6, 6.07) is 5.20. The molecule has 1 unspecified atom stereocenters. The number of methoxy groups -OCH3 is 1. The maximum Gasteiger partial charge on any atom is 0.120 e. The third-order valence-electron chi connectivity index (χ3n) is 1.50. The van der Waals surface area contributed by atoms with E-state index in [2.05, 4.69) is 0 Å². The van der Waals surface area contributed by atoms with Crippen LogP contribution in [0.3, 0.4) is 0 Å². The molecule has 0 spiro atoms. The third kappa shape index (κ3) is 2.03. The highest BCUT2D eigenvalue weighted by atomic mass is 35.5. The number of hydrogen-bond acceptors (Lipinski definition) is 2. The first-order valence-electron chi connectivity index (χ1n) is 3.38. The molecule has 0 bridgehead atoms. The van der Waals surface area contributed by atoms with Crippen molar-refractivity contribution in [2.75, 3.05) is 7.11 Å². The molecule has 0 aliphatic rings. The maximum absolute atomic E-state index is 5.86. The highest BCUT2D eigenvalue weighted by Gasteiger charge is 2.07.